The molecule has 3 heterocycles. The molecule has 0 saturated carbocycles. The Labute approximate surface area is 170 Å². The summed E-state index contributed by atoms with van der Waals surface area (Å²) >= 11 is 7.41. The zero-order valence-corrected chi connectivity index (χ0v) is 16.5. The zero-order valence-electron chi connectivity index (χ0n) is 15.0. The van der Waals surface area contributed by atoms with Gasteiger partial charge in [0.15, 0.2) is 5.82 Å². The summed E-state index contributed by atoms with van der Waals surface area (Å²) in [5, 5.41) is 8.54. The first-order valence-corrected chi connectivity index (χ1v) is 9.76. The summed E-state index contributed by atoms with van der Waals surface area (Å²) in [5.41, 5.74) is 2.54. The smallest absolute Gasteiger partial charge is 0.263 e. The van der Waals surface area contributed by atoms with Crippen LogP contribution in [0.1, 0.15) is 20.9 Å². The molecule has 0 aliphatic carbocycles. The van der Waals surface area contributed by atoms with E-state index in [4.69, 9.17) is 11.6 Å². The quantitative estimate of drug-likeness (QED) is 0.534. The second-order valence-electron chi connectivity index (χ2n) is 6.10. The molecular formula is C20H16ClN5OS. The largest absolute Gasteiger partial charge is 0.347 e. The molecule has 0 atom stereocenters. The molecule has 0 bridgehead atoms. The van der Waals surface area contributed by atoms with Crippen molar-refractivity contribution in [1.29, 1.82) is 0 Å². The van der Waals surface area contributed by atoms with Crippen molar-refractivity contribution < 1.29 is 4.79 Å². The highest BCUT2D eigenvalue weighted by atomic mass is 35.5. The predicted octanol–water partition coefficient (Wildman–Crippen LogP) is 4.28. The lowest BCUT2D eigenvalue weighted by Crippen LogP contribution is -2.22. The fourth-order valence-corrected chi connectivity index (χ4v) is 3.88. The number of nitrogens with one attached hydrogen (secondary N) is 1. The summed E-state index contributed by atoms with van der Waals surface area (Å²) in [7, 11) is 0. The minimum absolute atomic E-state index is 0.152. The van der Waals surface area contributed by atoms with E-state index in [0.29, 0.717) is 28.0 Å². The number of aryl methyl sites for hydroxylation is 1. The van der Waals surface area contributed by atoms with Crippen LogP contribution >= 0.6 is 22.9 Å². The molecule has 4 rings (SSSR count). The molecule has 3 aromatic heterocycles. The van der Waals surface area contributed by atoms with Gasteiger partial charge in [0.05, 0.1) is 5.69 Å². The third kappa shape index (κ3) is 3.95. The number of hydrogen-bond donors (Lipinski definition) is 1. The molecule has 1 N–H and O–H groups in total. The van der Waals surface area contributed by atoms with Crippen LogP contribution in [0.4, 0.5) is 0 Å². The van der Waals surface area contributed by atoms with Gasteiger partial charge in [0.25, 0.3) is 5.91 Å². The van der Waals surface area contributed by atoms with Crippen LogP contribution in [0.5, 0.6) is 0 Å². The molecular weight excluding hydrogens is 394 g/mol. The molecule has 0 saturated heterocycles. The molecule has 8 heteroatoms. The molecule has 0 radical (unpaired) electrons. The van der Waals surface area contributed by atoms with E-state index in [2.05, 4.69) is 20.4 Å². The standard InChI is InChI=1S/C20H16ClN5OS/c1-13-18(28-20(25-13)15-4-2-5-16(21)11-15)19(27)23-12-14-6-8-22-17(10-14)26-9-3-7-24-26/h2-11H,12H2,1H3,(H,23,27). The highest BCUT2D eigenvalue weighted by molar-refractivity contribution is 7.17. The first kappa shape index (κ1) is 18.3. The molecule has 6 nitrogen and oxygen atoms in total. The number of aromatic nitrogens is 4. The van der Waals surface area contributed by atoms with Crippen molar-refractivity contribution >= 4 is 28.8 Å². The van der Waals surface area contributed by atoms with Crippen LogP contribution in [-0.4, -0.2) is 25.7 Å². The van der Waals surface area contributed by atoms with Gasteiger partial charge in [-0.05, 0) is 42.8 Å². The Morgan fingerprint density at radius 1 is 1.21 bits per heavy atom. The number of hydrogen-bond acceptors (Lipinski definition) is 5. The maximum absolute atomic E-state index is 12.7. The zero-order chi connectivity index (χ0) is 19.5. The first-order valence-electron chi connectivity index (χ1n) is 8.56. The normalized spacial score (nSPS) is 10.8. The van der Waals surface area contributed by atoms with E-state index >= 15 is 0 Å². The summed E-state index contributed by atoms with van der Waals surface area (Å²) in [5.74, 6) is 0.551. The third-order valence-electron chi connectivity index (χ3n) is 4.08. The molecule has 1 aromatic carbocycles. The highest BCUT2D eigenvalue weighted by Crippen LogP contribution is 2.29. The maximum atomic E-state index is 12.7. The van der Waals surface area contributed by atoms with Crippen molar-refractivity contribution in [1.82, 2.24) is 25.1 Å². The van der Waals surface area contributed by atoms with Gasteiger partial charge in [0, 0.05) is 35.7 Å². The van der Waals surface area contributed by atoms with E-state index in [0.717, 1.165) is 16.1 Å². The average Bonchev–Trinajstić information content (AvgIpc) is 3.36. The van der Waals surface area contributed by atoms with Crippen molar-refractivity contribution in [2.24, 2.45) is 0 Å². The van der Waals surface area contributed by atoms with Crippen LogP contribution < -0.4 is 5.32 Å². The lowest BCUT2D eigenvalue weighted by Gasteiger charge is -2.06. The second-order valence-corrected chi connectivity index (χ2v) is 7.54. The lowest BCUT2D eigenvalue weighted by molar-refractivity contribution is 0.0954. The van der Waals surface area contributed by atoms with Crippen molar-refractivity contribution in [3.8, 4) is 16.4 Å². The molecule has 0 aliphatic rings. The Morgan fingerprint density at radius 3 is 2.89 bits per heavy atom. The minimum Gasteiger partial charge on any atom is -0.347 e. The van der Waals surface area contributed by atoms with Gasteiger partial charge in [-0.3, -0.25) is 4.79 Å². The van der Waals surface area contributed by atoms with Gasteiger partial charge in [-0.1, -0.05) is 23.7 Å². The molecule has 4 aromatic rings. The summed E-state index contributed by atoms with van der Waals surface area (Å²) in [6.45, 7) is 2.22. The van der Waals surface area contributed by atoms with Gasteiger partial charge >= 0.3 is 0 Å². The van der Waals surface area contributed by atoms with Crippen molar-refractivity contribution in [3.63, 3.8) is 0 Å². The monoisotopic (exact) mass is 409 g/mol. The number of pyridine rings is 1. The van der Waals surface area contributed by atoms with Crippen LogP contribution in [-0.2, 0) is 6.54 Å². The number of halogens is 1. The van der Waals surface area contributed by atoms with Crippen LogP contribution in [0.25, 0.3) is 16.4 Å². The van der Waals surface area contributed by atoms with Crippen LogP contribution in [0.2, 0.25) is 5.02 Å². The second kappa shape index (κ2) is 7.92. The summed E-state index contributed by atoms with van der Waals surface area (Å²) in [4.78, 5) is 22.1. The molecule has 0 spiro atoms. The Morgan fingerprint density at radius 2 is 2.11 bits per heavy atom. The summed E-state index contributed by atoms with van der Waals surface area (Å²) in [6.07, 6.45) is 5.22. The van der Waals surface area contributed by atoms with Crippen molar-refractivity contribution in [2.45, 2.75) is 13.5 Å². The van der Waals surface area contributed by atoms with E-state index < -0.39 is 0 Å². The molecule has 0 fully saturated rings. The fourth-order valence-electron chi connectivity index (χ4n) is 2.71. The van der Waals surface area contributed by atoms with Gasteiger partial charge in [0.1, 0.15) is 9.88 Å². The van der Waals surface area contributed by atoms with Crippen LogP contribution in [0.3, 0.4) is 0 Å². The number of rotatable bonds is 5. The van der Waals surface area contributed by atoms with Gasteiger partial charge < -0.3 is 5.32 Å². The summed E-state index contributed by atoms with van der Waals surface area (Å²) in [6, 6.07) is 13.0. The Bertz CT molecular complexity index is 1120. The van der Waals surface area contributed by atoms with Gasteiger partial charge in [-0.15, -0.1) is 11.3 Å². The van der Waals surface area contributed by atoms with Crippen molar-refractivity contribution in [3.05, 3.63) is 82.2 Å². The summed E-state index contributed by atoms with van der Waals surface area (Å²) < 4.78 is 1.68. The van der Waals surface area contributed by atoms with Gasteiger partial charge in [-0.2, -0.15) is 5.10 Å². The van der Waals surface area contributed by atoms with E-state index in [1.54, 1.807) is 17.1 Å². The first-order chi connectivity index (χ1) is 13.6. The topological polar surface area (TPSA) is 72.7 Å². The Kier molecular flexibility index (Phi) is 5.18. The van der Waals surface area contributed by atoms with Crippen molar-refractivity contribution in [2.75, 3.05) is 0 Å². The number of thiazole rings is 1. The fraction of sp³-hybridized carbons (Fsp3) is 0.100. The number of amides is 1. The highest BCUT2D eigenvalue weighted by Gasteiger charge is 2.16. The SMILES string of the molecule is Cc1nc(-c2cccc(Cl)c2)sc1C(=O)NCc1ccnc(-n2cccn2)c1. The number of benzene rings is 1. The van der Waals surface area contributed by atoms with E-state index in [1.807, 2.05) is 55.6 Å². The van der Waals surface area contributed by atoms with Gasteiger partial charge in [0.2, 0.25) is 0 Å². The van der Waals surface area contributed by atoms with Crippen LogP contribution in [0, 0.1) is 6.92 Å². The molecule has 0 unspecified atom stereocenters. The maximum Gasteiger partial charge on any atom is 0.263 e. The average molecular weight is 410 g/mol. The molecule has 28 heavy (non-hydrogen) atoms. The lowest BCUT2D eigenvalue weighted by atomic mass is 10.2. The minimum atomic E-state index is -0.152. The molecule has 1 amide bonds. The number of carbonyl (C=O) groups excluding carboxylic acids is 1. The Balaban J connectivity index is 1.48. The van der Waals surface area contributed by atoms with E-state index in [9.17, 15) is 4.79 Å². The van der Waals surface area contributed by atoms with Crippen LogP contribution in [0.15, 0.2) is 61.1 Å². The van der Waals surface area contributed by atoms with Gasteiger partial charge in [-0.25, -0.2) is 14.6 Å². The third-order valence-corrected chi connectivity index (χ3v) is 5.52. The van der Waals surface area contributed by atoms with E-state index in [1.165, 1.54) is 11.3 Å². The number of nitrogens with zero attached hydrogens (tertiary/aromatic N) is 4. The molecule has 0 aliphatic heterocycles. The van der Waals surface area contributed by atoms with E-state index in [-0.39, 0.29) is 5.91 Å². The predicted molar refractivity (Wildman–Crippen MR) is 110 cm³/mol. The Hall–Kier alpha value is -3.03. The number of carbonyl (C=O) groups is 1. The molecule has 140 valence electrons.